The molecule has 0 spiro atoms. The number of ether oxygens (including phenoxy) is 2. The number of hydrogen-bond donors (Lipinski definition) is 2. The summed E-state index contributed by atoms with van der Waals surface area (Å²) in [5.41, 5.74) is 0.349. The maximum atomic E-state index is 5.61. The van der Waals surface area contributed by atoms with Crippen molar-refractivity contribution in [2.24, 2.45) is 10.4 Å². The molecule has 0 aromatic rings. The Kier molecular flexibility index (Phi) is 9.58. The van der Waals surface area contributed by atoms with Crippen LogP contribution < -0.4 is 10.6 Å². The van der Waals surface area contributed by atoms with Gasteiger partial charge in [-0.3, -0.25) is 9.89 Å². The maximum absolute atomic E-state index is 5.61. The van der Waals surface area contributed by atoms with E-state index in [2.05, 4.69) is 29.4 Å². The van der Waals surface area contributed by atoms with E-state index in [0.717, 1.165) is 78.1 Å². The molecule has 0 radical (unpaired) electrons. The Labute approximate surface area is 153 Å². The van der Waals surface area contributed by atoms with Crippen LogP contribution in [0.25, 0.3) is 0 Å². The summed E-state index contributed by atoms with van der Waals surface area (Å²) in [5.74, 6) is 0.957. The van der Waals surface area contributed by atoms with Gasteiger partial charge in [0, 0.05) is 52.5 Å². The number of morpholine rings is 1. The first-order valence-electron chi connectivity index (χ1n) is 10.2. The van der Waals surface area contributed by atoms with Gasteiger partial charge < -0.3 is 20.1 Å². The van der Waals surface area contributed by atoms with Crippen molar-refractivity contribution in [2.75, 3.05) is 65.7 Å². The molecule has 1 saturated heterocycles. The SMILES string of the molecule is CCNC(=NCC1(CCOCC)CCCC1)NCCN1CCOCC1. The van der Waals surface area contributed by atoms with E-state index in [1.165, 1.54) is 25.7 Å². The summed E-state index contributed by atoms with van der Waals surface area (Å²) in [6.45, 7) is 13.4. The molecule has 1 heterocycles. The van der Waals surface area contributed by atoms with Gasteiger partial charge >= 0.3 is 0 Å². The second kappa shape index (κ2) is 11.7. The van der Waals surface area contributed by atoms with Gasteiger partial charge in [0.25, 0.3) is 0 Å². The zero-order valence-electron chi connectivity index (χ0n) is 16.3. The fourth-order valence-electron chi connectivity index (χ4n) is 3.79. The highest BCUT2D eigenvalue weighted by atomic mass is 16.5. The molecule has 146 valence electrons. The van der Waals surface area contributed by atoms with Crippen LogP contribution in [-0.4, -0.2) is 76.6 Å². The van der Waals surface area contributed by atoms with Crippen LogP contribution in [-0.2, 0) is 9.47 Å². The molecule has 0 unspecified atom stereocenters. The lowest BCUT2D eigenvalue weighted by atomic mass is 9.83. The number of nitrogens with one attached hydrogen (secondary N) is 2. The molecule has 6 nitrogen and oxygen atoms in total. The number of aliphatic imine (C=N–C) groups is 1. The average Bonchev–Trinajstić information content (AvgIpc) is 3.10. The van der Waals surface area contributed by atoms with Crippen molar-refractivity contribution in [2.45, 2.75) is 46.0 Å². The number of nitrogens with zero attached hydrogens (tertiary/aromatic N) is 2. The summed E-state index contributed by atoms with van der Waals surface area (Å²) in [6.07, 6.45) is 6.39. The predicted octanol–water partition coefficient (Wildman–Crippen LogP) is 1.86. The lowest BCUT2D eigenvalue weighted by molar-refractivity contribution is 0.0389. The molecule has 2 aliphatic rings. The predicted molar refractivity (Wildman–Crippen MR) is 103 cm³/mol. The van der Waals surface area contributed by atoms with Gasteiger partial charge in [-0.15, -0.1) is 0 Å². The highest BCUT2D eigenvalue weighted by Gasteiger charge is 2.33. The fourth-order valence-corrected chi connectivity index (χ4v) is 3.79. The largest absolute Gasteiger partial charge is 0.382 e. The van der Waals surface area contributed by atoms with Crippen molar-refractivity contribution in [3.05, 3.63) is 0 Å². The standard InChI is InChI=1S/C19H38N4O2/c1-3-20-18(21-10-11-23-12-15-25-16-13-23)22-17-19(7-5-6-8-19)9-14-24-4-2/h3-17H2,1-2H3,(H2,20,21,22). The molecule has 1 aliphatic heterocycles. The van der Waals surface area contributed by atoms with E-state index in [1.54, 1.807) is 0 Å². The molecule has 0 amide bonds. The summed E-state index contributed by atoms with van der Waals surface area (Å²) < 4.78 is 11.0. The molecule has 0 aromatic heterocycles. The Bertz CT molecular complexity index is 378. The number of guanidine groups is 1. The first-order valence-corrected chi connectivity index (χ1v) is 10.2. The van der Waals surface area contributed by atoms with Gasteiger partial charge in [0.1, 0.15) is 0 Å². The van der Waals surface area contributed by atoms with Crippen molar-refractivity contribution in [1.29, 1.82) is 0 Å². The van der Waals surface area contributed by atoms with E-state index in [0.29, 0.717) is 5.41 Å². The van der Waals surface area contributed by atoms with E-state index in [-0.39, 0.29) is 0 Å². The van der Waals surface area contributed by atoms with Crippen molar-refractivity contribution in [3.63, 3.8) is 0 Å². The van der Waals surface area contributed by atoms with Crippen molar-refractivity contribution in [3.8, 4) is 0 Å². The summed E-state index contributed by atoms with van der Waals surface area (Å²) in [6, 6.07) is 0. The summed E-state index contributed by atoms with van der Waals surface area (Å²) >= 11 is 0. The Morgan fingerprint density at radius 2 is 1.92 bits per heavy atom. The van der Waals surface area contributed by atoms with Gasteiger partial charge in [0.15, 0.2) is 5.96 Å². The van der Waals surface area contributed by atoms with Gasteiger partial charge in [-0.1, -0.05) is 12.8 Å². The molecule has 25 heavy (non-hydrogen) atoms. The highest BCUT2D eigenvalue weighted by Crippen LogP contribution is 2.41. The second-order valence-corrected chi connectivity index (χ2v) is 7.23. The minimum atomic E-state index is 0.349. The van der Waals surface area contributed by atoms with E-state index < -0.39 is 0 Å². The lowest BCUT2D eigenvalue weighted by Crippen LogP contribution is -2.44. The van der Waals surface area contributed by atoms with Crippen LogP contribution in [0, 0.1) is 5.41 Å². The molecular formula is C19H38N4O2. The fraction of sp³-hybridized carbons (Fsp3) is 0.947. The van der Waals surface area contributed by atoms with Gasteiger partial charge in [0.05, 0.1) is 13.2 Å². The smallest absolute Gasteiger partial charge is 0.191 e. The third-order valence-corrected chi connectivity index (χ3v) is 5.39. The molecule has 2 rings (SSSR count). The second-order valence-electron chi connectivity index (χ2n) is 7.23. The van der Waals surface area contributed by atoms with Gasteiger partial charge in [0.2, 0.25) is 0 Å². The summed E-state index contributed by atoms with van der Waals surface area (Å²) in [7, 11) is 0. The topological polar surface area (TPSA) is 58.1 Å². The van der Waals surface area contributed by atoms with Crippen molar-refractivity contribution in [1.82, 2.24) is 15.5 Å². The Morgan fingerprint density at radius 3 is 2.60 bits per heavy atom. The normalized spacial score (nSPS) is 21.4. The number of rotatable bonds is 10. The van der Waals surface area contributed by atoms with E-state index in [1.807, 2.05) is 0 Å². The first kappa shape index (κ1) is 20.5. The molecular weight excluding hydrogens is 316 g/mol. The average molecular weight is 355 g/mol. The number of hydrogen-bond acceptors (Lipinski definition) is 4. The Hall–Kier alpha value is -0.850. The van der Waals surface area contributed by atoms with E-state index in [9.17, 15) is 0 Å². The van der Waals surface area contributed by atoms with Gasteiger partial charge in [-0.2, -0.15) is 0 Å². The van der Waals surface area contributed by atoms with Crippen molar-refractivity contribution >= 4 is 5.96 Å². The first-order chi connectivity index (χ1) is 12.3. The van der Waals surface area contributed by atoms with Gasteiger partial charge in [-0.25, -0.2) is 0 Å². The molecule has 1 aliphatic carbocycles. The highest BCUT2D eigenvalue weighted by molar-refractivity contribution is 5.79. The molecule has 6 heteroatoms. The maximum Gasteiger partial charge on any atom is 0.191 e. The van der Waals surface area contributed by atoms with Crippen LogP contribution >= 0.6 is 0 Å². The Balaban J connectivity index is 1.79. The van der Waals surface area contributed by atoms with E-state index >= 15 is 0 Å². The monoisotopic (exact) mass is 354 g/mol. The third-order valence-electron chi connectivity index (χ3n) is 5.39. The third kappa shape index (κ3) is 7.50. The van der Waals surface area contributed by atoms with E-state index in [4.69, 9.17) is 14.5 Å². The van der Waals surface area contributed by atoms with Gasteiger partial charge in [-0.05, 0) is 38.5 Å². The molecule has 0 atom stereocenters. The molecule has 1 saturated carbocycles. The van der Waals surface area contributed by atoms with Crippen LogP contribution in [0.5, 0.6) is 0 Å². The summed E-state index contributed by atoms with van der Waals surface area (Å²) in [5, 5.41) is 6.89. The van der Waals surface area contributed by atoms with Crippen LogP contribution in [0.15, 0.2) is 4.99 Å². The minimum absolute atomic E-state index is 0.349. The summed E-state index contributed by atoms with van der Waals surface area (Å²) in [4.78, 5) is 7.37. The van der Waals surface area contributed by atoms with Crippen LogP contribution in [0.4, 0.5) is 0 Å². The Morgan fingerprint density at radius 1 is 1.16 bits per heavy atom. The molecule has 2 N–H and O–H groups in total. The quantitative estimate of drug-likeness (QED) is 0.356. The molecule has 0 bridgehead atoms. The van der Waals surface area contributed by atoms with Crippen LogP contribution in [0.1, 0.15) is 46.0 Å². The van der Waals surface area contributed by atoms with Crippen LogP contribution in [0.3, 0.4) is 0 Å². The molecule has 0 aromatic carbocycles. The molecule has 2 fully saturated rings. The van der Waals surface area contributed by atoms with Crippen LogP contribution in [0.2, 0.25) is 0 Å². The zero-order chi connectivity index (χ0) is 17.8. The zero-order valence-corrected chi connectivity index (χ0v) is 16.3. The minimum Gasteiger partial charge on any atom is -0.382 e. The lowest BCUT2D eigenvalue weighted by Gasteiger charge is -2.28. The van der Waals surface area contributed by atoms with Crippen molar-refractivity contribution < 1.29 is 9.47 Å².